The molecule has 1 aromatic carbocycles. The molecule has 0 aliphatic heterocycles. The molecule has 0 amide bonds. The first-order valence-corrected chi connectivity index (χ1v) is 7.36. The van der Waals surface area contributed by atoms with E-state index in [4.69, 9.17) is 0 Å². The largest absolute Gasteiger partial charge is 0.392 e. The Bertz CT molecular complexity index is 337. The van der Waals surface area contributed by atoms with E-state index in [1.54, 1.807) is 11.8 Å². The van der Waals surface area contributed by atoms with Crippen LogP contribution in [0, 0.1) is 0 Å². The lowest BCUT2D eigenvalue weighted by Gasteiger charge is -2.22. The SMILES string of the molecule is CSc1ccccc1C1CCCCCC1O. The van der Waals surface area contributed by atoms with Crippen LogP contribution >= 0.6 is 11.8 Å². The third-order valence-corrected chi connectivity index (χ3v) is 4.33. The van der Waals surface area contributed by atoms with Gasteiger partial charge in [-0.15, -0.1) is 11.8 Å². The number of hydrogen-bond donors (Lipinski definition) is 1. The molecule has 1 aliphatic rings. The van der Waals surface area contributed by atoms with Crippen molar-refractivity contribution in [3.8, 4) is 0 Å². The highest BCUT2D eigenvalue weighted by Gasteiger charge is 2.24. The maximum absolute atomic E-state index is 10.2. The Labute approximate surface area is 102 Å². The Balaban J connectivity index is 2.26. The van der Waals surface area contributed by atoms with E-state index in [9.17, 15) is 5.11 Å². The molecule has 0 saturated heterocycles. The predicted molar refractivity (Wildman–Crippen MR) is 70.1 cm³/mol. The van der Waals surface area contributed by atoms with Crippen molar-refractivity contribution >= 4 is 11.8 Å². The summed E-state index contributed by atoms with van der Waals surface area (Å²) < 4.78 is 0. The van der Waals surface area contributed by atoms with Gasteiger partial charge in [0.25, 0.3) is 0 Å². The molecule has 1 aliphatic carbocycles. The van der Waals surface area contributed by atoms with Gasteiger partial charge in [0.1, 0.15) is 0 Å². The van der Waals surface area contributed by atoms with Gasteiger partial charge in [0.2, 0.25) is 0 Å². The van der Waals surface area contributed by atoms with Crippen LogP contribution in [0.5, 0.6) is 0 Å². The van der Waals surface area contributed by atoms with Crippen LogP contribution in [0.2, 0.25) is 0 Å². The maximum Gasteiger partial charge on any atom is 0.0609 e. The molecule has 1 aromatic rings. The molecule has 1 saturated carbocycles. The lowest BCUT2D eigenvalue weighted by Crippen LogP contribution is -2.17. The molecular weight excluding hydrogens is 216 g/mol. The number of benzene rings is 1. The summed E-state index contributed by atoms with van der Waals surface area (Å²) in [6.07, 6.45) is 7.78. The van der Waals surface area contributed by atoms with E-state index in [2.05, 4.69) is 30.5 Å². The summed E-state index contributed by atoms with van der Waals surface area (Å²) in [6.45, 7) is 0. The minimum absolute atomic E-state index is 0.143. The van der Waals surface area contributed by atoms with E-state index in [0.717, 1.165) is 12.8 Å². The van der Waals surface area contributed by atoms with Crippen LogP contribution in [0.1, 0.15) is 43.6 Å². The van der Waals surface area contributed by atoms with Crippen LogP contribution in [-0.4, -0.2) is 17.5 Å². The smallest absolute Gasteiger partial charge is 0.0609 e. The molecule has 0 heterocycles. The second-order valence-corrected chi connectivity index (χ2v) is 5.40. The molecule has 2 unspecified atom stereocenters. The van der Waals surface area contributed by atoms with Crippen molar-refractivity contribution < 1.29 is 5.11 Å². The van der Waals surface area contributed by atoms with E-state index in [1.165, 1.54) is 29.7 Å². The van der Waals surface area contributed by atoms with Gasteiger partial charge in [-0.05, 0) is 30.7 Å². The minimum Gasteiger partial charge on any atom is -0.392 e. The molecule has 1 N–H and O–H groups in total. The zero-order valence-electron chi connectivity index (χ0n) is 9.86. The molecule has 1 nitrogen and oxygen atoms in total. The average molecular weight is 236 g/mol. The van der Waals surface area contributed by atoms with E-state index in [0.29, 0.717) is 5.92 Å². The van der Waals surface area contributed by atoms with Crippen molar-refractivity contribution in [3.63, 3.8) is 0 Å². The number of rotatable bonds is 2. The summed E-state index contributed by atoms with van der Waals surface area (Å²) in [7, 11) is 0. The zero-order valence-corrected chi connectivity index (χ0v) is 10.7. The fourth-order valence-electron chi connectivity index (χ4n) is 2.62. The van der Waals surface area contributed by atoms with Crippen molar-refractivity contribution in [2.24, 2.45) is 0 Å². The first-order chi connectivity index (χ1) is 7.83. The van der Waals surface area contributed by atoms with Crippen LogP contribution in [-0.2, 0) is 0 Å². The van der Waals surface area contributed by atoms with Gasteiger partial charge in [0, 0.05) is 10.8 Å². The number of aliphatic hydroxyl groups excluding tert-OH is 1. The monoisotopic (exact) mass is 236 g/mol. The third-order valence-electron chi connectivity index (χ3n) is 3.52. The van der Waals surface area contributed by atoms with Gasteiger partial charge < -0.3 is 5.11 Å². The van der Waals surface area contributed by atoms with Gasteiger partial charge in [0.05, 0.1) is 6.10 Å². The van der Waals surface area contributed by atoms with Gasteiger partial charge >= 0.3 is 0 Å². The standard InChI is InChI=1S/C14H20OS/c1-16-14-10-6-5-8-12(14)11-7-3-2-4-9-13(11)15/h5-6,8,10-11,13,15H,2-4,7,9H2,1H3. The Morgan fingerprint density at radius 3 is 2.69 bits per heavy atom. The van der Waals surface area contributed by atoms with E-state index in [1.807, 2.05) is 0 Å². The van der Waals surface area contributed by atoms with Gasteiger partial charge in [-0.2, -0.15) is 0 Å². The van der Waals surface area contributed by atoms with Crippen molar-refractivity contribution in [1.29, 1.82) is 0 Å². The molecule has 0 spiro atoms. The molecule has 0 radical (unpaired) electrons. The summed E-state index contributed by atoms with van der Waals surface area (Å²) in [4.78, 5) is 1.33. The van der Waals surface area contributed by atoms with Gasteiger partial charge in [0.15, 0.2) is 0 Å². The van der Waals surface area contributed by atoms with Gasteiger partial charge in [-0.25, -0.2) is 0 Å². The zero-order chi connectivity index (χ0) is 11.4. The summed E-state index contributed by atoms with van der Waals surface area (Å²) in [5, 5.41) is 10.2. The number of aliphatic hydroxyl groups is 1. The molecular formula is C14H20OS. The van der Waals surface area contributed by atoms with Crippen LogP contribution in [0.25, 0.3) is 0 Å². The van der Waals surface area contributed by atoms with E-state index < -0.39 is 0 Å². The Hall–Kier alpha value is -0.470. The number of thioether (sulfide) groups is 1. The highest BCUT2D eigenvalue weighted by atomic mass is 32.2. The summed E-state index contributed by atoms with van der Waals surface area (Å²) in [5.74, 6) is 0.353. The fourth-order valence-corrected chi connectivity index (χ4v) is 3.29. The van der Waals surface area contributed by atoms with E-state index in [-0.39, 0.29) is 6.10 Å². The Kier molecular flexibility index (Phi) is 4.30. The lowest BCUT2D eigenvalue weighted by molar-refractivity contribution is 0.134. The summed E-state index contributed by atoms with van der Waals surface area (Å²) in [5.41, 5.74) is 1.35. The summed E-state index contributed by atoms with van der Waals surface area (Å²) in [6, 6.07) is 8.52. The first kappa shape index (κ1) is 12.0. The fraction of sp³-hybridized carbons (Fsp3) is 0.571. The molecule has 0 bridgehead atoms. The third kappa shape index (κ3) is 2.61. The molecule has 88 valence electrons. The first-order valence-electron chi connectivity index (χ1n) is 6.14. The van der Waals surface area contributed by atoms with Crippen LogP contribution in [0.15, 0.2) is 29.2 Å². The Morgan fingerprint density at radius 1 is 1.12 bits per heavy atom. The van der Waals surface area contributed by atoms with Crippen LogP contribution in [0.4, 0.5) is 0 Å². The number of hydrogen-bond acceptors (Lipinski definition) is 2. The van der Waals surface area contributed by atoms with Crippen LogP contribution < -0.4 is 0 Å². The second kappa shape index (κ2) is 5.74. The molecule has 1 fully saturated rings. The quantitative estimate of drug-likeness (QED) is 0.622. The highest BCUT2D eigenvalue weighted by Crippen LogP contribution is 2.36. The van der Waals surface area contributed by atoms with Gasteiger partial charge in [-0.3, -0.25) is 0 Å². The van der Waals surface area contributed by atoms with Crippen LogP contribution in [0.3, 0.4) is 0 Å². The second-order valence-electron chi connectivity index (χ2n) is 4.55. The maximum atomic E-state index is 10.2. The molecule has 16 heavy (non-hydrogen) atoms. The van der Waals surface area contributed by atoms with Crippen molar-refractivity contribution in [3.05, 3.63) is 29.8 Å². The molecule has 2 rings (SSSR count). The lowest BCUT2D eigenvalue weighted by atomic mass is 9.89. The van der Waals surface area contributed by atoms with E-state index >= 15 is 0 Å². The topological polar surface area (TPSA) is 20.2 Å². The minimum atomic E-state index is -0.143. The van der Waals surface area contributed by atoms with Crippen molar-refractivity contribution in [2.45, 2.75) is 49.0 Å². The Morgan fingerprint density at radius 2 is 1.88 bits per heavy atom. The van der Waals surface area contributed by atoms with Crippen molar-refractivity contribution in [2.75, 3.05) is 6.26 Å². The molecule has 2 atom stereocenters. The van der Waals surface area contributed by atoms with Gasteiger partial charge in [-0.1, -0.05) is 37.5 Å². The molecule has 0 aromatic heterocycles. The normalized spacial score (nSPS) is 26.4. The molecule has 2 heteroatoms. The van der Waals surface area contributed by atoms with Crippen molar-refractivity contribution in [1.82, 2.24) is 0 Å². The summed E-state index contributed by atoms with van der Waals surface area (Å²) >= 11 is 1.79. The predicted octanol–water partition coefficient (Wildman–Crippen LogP) is 3.82. The average Bonchev–Trinajstić information content (AvgIpc) is 2.54. The highest BCUT2D eigenvalue weighted by molar-refractivity contribution is 7.98.